The van der Waals surface area contributed by atoms with Gasteiger partial charge in [0.05, 0.1) is 5.56 Å². The molecule has 0 spiro atoms. The van der Waals surface area contributed by atoms with Gasteiger partial charge < -0.3 is 11.1 Å². The number of nitrogens with two attached hydrogens (primary N) is 1. The molecule has 1 aromatic rings. The zero-order valence-electron chi connectivity index (χ0n) is 9.87. The first-order valence-electron chi connectivity index (χ1n) is 6.02. The van der Waals surface area contributed by atoms with Crippen molar-refractivity contribution in [1.82, 2.24) is 4.98 Å². The molecule has 1 aliphatic rings. The van der Waals surface area contributed by atoms with Crippen LogP contribution in [0.4, 0.5) is 19.0 Å². The monoisotopic (exact) mass is 259 g/mol. The Kier molecular flexibility index (Phi) is 3.75. The number of alkyl halides is 3. The average Bonchev–Trinajstić information content (AvgIpc) is 2.31. The van der Waals surface area contributed by atoms with Gasteiger partial charge in [0, 0.05) is 18.3 Å². The van der Waals surface area contributed by atoms with Crippen LogP contribution in [0, 0.1) is 0 Å². The topological polar surface area (TPSA) is 50.9 Å². The van der Waals surface area contributed by atoms with Gasteiger partial charge in [-0.3, -0.25) is 0 Å². The van der Waals surface area contributed by atoms with Crippen LogP contribution in [-0.2, 0) is 6.18 Å². The van der Waals surface area contributed by atoms with E-state index in [1.165, 1.54) is 6.20 Å². The van der Waals surface area contributed by atoms with Crippen LogP contribution < -0.4 is 11.1 Å². The van der Waals surface area contributed by atoms with Crippen molar-refractivity contribution in [2.45, 2.75) is 43.9 Å². The zero-order valence-corrected chi connectivity index (χ0v) is 9.87. The first-order chi connectivity index (χ1) is 8.47. The number of nitrogens with zero attached hydrogens (tertiary/aromatic N) is 1. The number of nitrogens with one attached hydrogen (secondary N) is 1. The Morgan fingerprint density at radius 3 is 2.67 bits per heavy atom. The molecule has 0 unspecified atom stereocenters. The van der Waals surface area contributed by atoms with Crippen LogP contribution in [0.5, 0.6) is 0 Å². The zero-order chi connectivity index (χ0) is 13.2. The Morgan fingerprint density at radius 1 is 1.28 bits per heavy atom. The molecule has 6 heteroatoms. The predicted octanol–water partition coefficient (Wildman–Crippen LogP) is 2.78. The molecule has 0 aliphatic heterocycles. The van der Waals surface area contributed by atoms with Gasteiger partial charge in [-0.1, -0.05) is 12.8 Å². The first-order valence-corrected chi connectivity index (χ1v) is 6.02. The number of hydrogen-bond acceptors (Lipinski definition) is 3. The van der Waals surface area contributed by atoms with Crippen LogP contribution >= 0.6 is 0 Å². The molecule has 100 valence electrons. The smallest absolute Gasteiger partial charge is 0.366 e. The highest BCUT2D eigenvalue weighted by Crippen LogP contribution is 2.30. The number of pyridine rings is 1. The van der Waals surface area contributed by atoms with E-state index in [-0.39, 0.29) is 17.9 Å². The van der Waals surface area contributed by atoms with E-state index in [9.17, 15) is 13.2 Å². The lowest BCUT2D eigenvalue weighted by atomic mass is 9.91. The average molecular weight is 259 g/mol. The van der Waals surface area contributed by atoms with Gasteiger partial charge in [-0.15, -0.1) is 0 Å². The molecule has 1 heterocycles. The van der Waals surface area contributed by atoms with Crippen molar-refractivity contribution in [2.75, 3.05) is 5.32 Å². The minimum absolute atomic E-state index is 0.00901. The fourth-order valence-corrected chi connectivity index (χ4v) is 2.21. The maximum absolute atomic E-state index is 12.5. The summed E-state index contributed by atoms with van der Waals surface area (Å²) in [7, 11) is 0. The maximum Gasteiger partial charge on any atom is 0.416 e. The molecule has 18 heavy (non-hydrogen) atoms. The van der Waals surface area contributed by atoms with Crippen molar-refractivity contribution in [3.63, 3.8) is 0 Å². The SMILES string of the molecule is N[C@@H]1CCCC[C@H]1Nc1cc(C(F)(F)F)ccn1. The van der Waals surface area contributed by atoms with Gasteiger partial charge >= 0.3 is 6.18 Å². The third kappa shape index (κ3) is 3.13. The van der Waals surface area contributed by atoms with Crippen molar-refractivity contribution < 1.29 is 13.2 Å². The van der Waals surface area contributed by atoms with Crippen LogP contribution in [0.15, 0.2) is 18.3 Å². The molecule has 0 bridgehead atoms. The summed E-state index contributed by atoms with van der Waals surface area (Å²) in [6.45, 7) is 0. The first kappa shape index (κ1) is 13.1. The van der Waals surface area contributed by atoms with E-state index < -0.39 is 11.7 Å². The number of halogens is 3. The number of aromatic nitrogens is 1. The van der Waals surface area contributed by atoms with E-state index in [0.29, 0.717) is 0 Å². The van der Waals surface area contributed by atoms with Gasteiger partial charge in [0.1, 0.15) is 5.82 Å². The Balaban J connectivity index is 2.09. The van der Waals surface area contributed by atoms with Crippen molar-refractivity contribution in [1.29, 1.82) is 0 Å². The summed E-state index contributed by atoms with van der Waals surface area (Å²) in [4.78, 5) is 3.91. The van der Waals surface area contributed by atoms with Crippen LogP contribution in [0.2, 0.25) is 0 Å². The summed E-state index contributed by atoms with van der Waals surface area (Å²) in [5, 5.41) is 3.01. The molecule has 3 N–H and O–H groups in total. The predicted molar refractivity (Wildman–Crippen MR) is 63.1 cm³/mol. The molecule has 1 fully saturated rings. The lowest BCUT2D eigenvalue weighted by Crippen LogP contribution is -2.42. The summed E-state index contributed by atoms with van der Waals surface area (Å²) >= 11 is 0. The third-order valence-corrected chi connectivity index (χ3v) is 3.24. The number of hydrogen-bond donors (Lipinski definition) is 2. The summed E-state index contributed by atoms with van der Waals surface area (Å²) in [5.74, 6) is 0.243. The molecule has 1 aromatic heterocycles. The highest BCUT2D eigenvalue weighted by Gasteiger charge is 2.31. The van der Waals surface area contributed by atoms with Gasteiger partial charge in [0.2, 0.25) is 0 Å². The molecule has 0 saturated heterocycles. The molecule has 0 amide bonds. The van der Waals surface area contributed by atoms with Gasteiger partial charge in [-0.05, 0) is 25.0 Å². The van der Waals surface area contributed by atoms with E-state index >= 15 is 0 Å². The van der Waals surface area contributed by atoms with E-state index in [1.54, 1.807) is 0 Å². The molecule has 1 saturated carbocycles. The van der Waals surface area contributed by atoms with Crippen molar-refractivity contribution in [2.24, 2.45) is 5.73 Å². The highest BCUT2D eigenvalue weighted by atomic mass is 19.4. The highest BCUT2D eigenvalue weighted by molar-refractivity contribution is 5.40. The third-order valence-electron chi connectivity index (χ3n) is 3.24. The molecule has 2 rings (SSSR count). The standard InChI is InChI=1S/C12H16F3N3/c13-12(14,15)8-5-6-17-11(7-8)18-10-4-2-1-3-9(10)16/h5-7,9-10H,1-4,16H2,(H,17,18)/t9-,10-/m1/s1. The van der Waals surface area contributed by atoms with Crippen molar-refractivity contribution in [3.8, 4) is 0 Å². The lowest BCUT2D eigenvalue weighted by molar-refractivity contribution is -0.137. The van der Waals surface area contributed by atoms with E-state index in [4.69, 9.17) is 5.73 Å². The Morgan fingerprint density at radius 2 is 2.00 bits per heavy atom. The van der Waals surface area contributed by atoms with Gasteiger partial charge in [-0.25, -0.2) is 4.98 Å². The fraction of sp³-hybridized carbons (Fsp3) is 0.583. The Hall–Kier alpha value is -1.30. The molecular weight excluding hydrogens is 243 g/mol. The second-order valence-electron chi connectivity index (χ2n) is 4.63. The van der Waals surface area contributed by atoms with Crippen LogP contribution in [-0.4, -0.2) is 17.1 Å². The Bertz CT molecular complexity index is 406. The minimum Gasteiger partial charge on any atom is -0.366 e. The summed E-state index contributed by atoms with van der Waals surface area (Å²) in [6.07, 6.45) is 0.725. The van der Waals surface area contributed by atoms with Crippen LogP contribution in [0.3, 0.4) is 0 Å². The minimum atomic E-state index is -4.34. The normalized spacial score (nSPS) is 24.9. The molecule has 1 aliphatic carbocycles. The number of rotatable bonds is 2. The molecule has 0 aromatic carbocycles. The second kappa shape index (κ2) is 5.14. The second-order valence-corrected chi connectivity index (χ2v) is 4.63. The summed E-state index contributed by atoms with van der Waals surface area (Å²) in [5.41, 5.74) is 5.25. The number of anilines is 1. The van der Waals surface area contributed by atoms with Gasteiger partial charge in [0.25, 0.3) is 0 Å². The molecule has 2 atom stereocenters. The molecule has 0 radical (unpaired) electrons. The lowest BCUT2D eigenvalue weighted by Gasteiger charge is -2.29. The van der Waals surface area contributed by atoms with Crippen LogP contribution in [0.25, 0.3) is 0 Å². The molecule has 3 nitrogen and oxygen atoms in total. The van der Waals surface area contributed by atoms with Crippen molar-refractivity contribution >= 4 is 5.82 Å². The largest absolute Gasteiger partial charge is 0.416 e. The molecular formula is C12H16F3N3. The quantitative estimate of drug-likeness (QED) is 0.858. The summed E-state index contributed by atoms with van der Waals surface area (Å²) in [6, 6.07) is 1.98. The van der Waals surface area contributed by atoms with E-state index in [1.807, 2.05) is 0 Å². The maximum atomic E-state index is 12.5. The van der Waals surface area contributed by atoms with Gasteiger partial charge in [-0.2, -0.15) is 13.2 Å². The Labute approximate surface area is 104 Å². The van der Waals surface area contributed by atoms with Crippen molar-refractivity contribution in [3.05, 3.63) is 23.9 Å². The van der Waals surface area contributed by atoms with E-state index in [2.05, 4.69) is 10.3 Å². The van der Waals surface area contributed by atoms with E-state index in [0.717, 1.165) is 37.8 Å². The van der Waals surface area contributed by atoms with Crippen LogP contribution in [0.1, 0.15) is 31.2 Å². The summed E-state index contributed by atoms with van der Waals surface area (Å²) < 4.78 is 37.6. The fourth-order valence-electron chi connectivity index (χ4n) is 2.21. The van der Waals surface area contributed by atoms with Gasteiger partial charge in [0.15, 0.2) is 0 Å².